The SMILES string of the molecule is C=C(C)COC(=O)N[C@@H](CC)CC[C@H](CC)NC(=O)[C@@H](NC(=O)N(C)Cc1csc(C(C)C)n1)C(C)O. The van der Waals surface area contributed by atoms with Crippen molar-refractivity contribution < 1.29 is 24.2 Å². The van der Waals surface area contributed by atoms with Crippen molar-refractivity contribution in [3.05, 3.63) is 28.2 Å². The third-order valence-corrected chi connectivity index (χ3v) is 7.01. The summed E-state index contributed by atoms with van der Waals surface area (Å²) in [7, 11) is 1.62. The van der Waals surface area contributed by atoms with Crippen molar-refractivity contribution in [1.29, 1.82) is 0 Å². The minimum Gasteiger partial charge on any atom is -0.445 e. The van der Waals surface area contributed by atoms with Crippen LogP contribution in [0.1, 0.15) is 83.8 Å². The average molecular weight is 540 g/mol. The molecular weight excluding hydrogens is 494 g/mol. The smallest absolute Gasteiger partial charge is 0.407 e. The first-order valence-corrected chi connectivity index (χ1v) is 13.8. The van der Waals surface area contributed by atoms with Crippen LogP contribution in [0.25, 0.3) is 0 Å². The summed E-state index contributed by atoms with van der Waals surface area (Å²) < 4.78 is 5.10. The average Bonchev–Trinajstić information content (AvgIpc) is 3.30. The highest BCUT2D eigenvalue weighted by atomic mass is 32.1. The van der Waals surface area contributed by atoms with Gasteiger partial charge in [0.15, 0.2) is 0 Å². The first-order chi connectivity index (χ1) is 17.4. The van der Waals surface area contributed by atoms with E-state index in [4.69, 9.17) is 4.74 Å². The number of aliphatic hydroxyl groups excluding tert-OH is 1. The van der Waals surface area contributed by atoms with E-state index in [1.54, 1.807) is 25.3 Å². The molecule has 1 aromatic rings. The first-order valence-electron chi connectivity index (χ1n) is 12.9. The van der Waals surface area contributed by atoms with Gasteiger partial charge in [0.25, 0.3) is 0 Å². The second-order valence-electron chi connectivity index (χ2n) is 9.83. The van der Waals surface area contributed by atoms with E-state index in [-0.39, 0.29) is 18.7 Å². The van der Waals surface area contributed by atoms with Crippen molar-refractivity contribution in [1.82, 2.24) is 25.8 Å². The van der Waals surface area contributed by atoms with Crippen LogP contribution < -0.4 is 16.0 Å². The third-order valence-electron chi connectivity index (χ3n) is 5.82. The number of ether oxygens (including phenoxy) is 1. The zero-order valence-corrected chi connectivity index (χ0v) is 24.1. The van der Waals surface area contributed by atoms with E-state index >= 15 is 0 Å². The first kappa shape index (κ1) is 32.4. The van der Waals surface area contributed by atoms with Gasteiger partial charge in [0.05, 0.1) is 23.4 Å². The van der Waals surface area contributed by atoms with E-state index in [9.17, 15) is 19.5 Å². The summed E-state index contributed by atoms with van der Waals surface area (Å²) in [5.74, 6) is -0.146. The number of alkyl carbamates (subject to hydrolysis) is 1. The minimum absolute atomic E-state index is 0.105. The molecule has 0 aromatic carbocycles. The lowest BCUT2D eigenvalue weighted by atomic mass is 10.0. The molecule has 11 heteroatoms. The minimum atomic E-state index is -1.11. The van der Waals surface area contributed by atoms with Gasteiger partial charge in [-0.05, 0) is 45.1 Å². The van der Waals surface area contributed by atoms with E-state index in [1.807, 2.05) is 19.2 Å². The van der Waals surface area contributed by atoms with Gasteiger partial charge in [0, 0.05) is 30.4 Å². The highest BCUT2D eigenvalue weighted by molar-refractivity contribution is 7.09. The Labute approximate surface area is 225 Å². The van der Waals surface area contributed by atoms with Crippen LogP contribution >= 0.6 is 11.3 Å². The fourth-order valence-corrected chi connectivity index (χ4v) is 4.30. The molecule has 4 atom stereocenters. The largest absolute Gasteiger partial charge is 0.445 e. The standard InChI is InChI=1S/C26H45N5O5S/c1-9-19(11-12-20(10-2)29-26(35)36-14-16(3)4)27-23(33)22(18(7)32)30-25(34)31(8)13-21-15-37-24(28-21)17(5)6/h15,17-20,22,32H,3,9-14H2,1-2,4-8H3,(H,27,33)(H,29,35)(H,30,34)/t18?,19-,20-,22-/m0/s1. The number of thiazole rings is 1. The van der Waals surface area contributed by atoms with E-state index in [1.165, 1.54) is 11.8 Å². The number of rotatable bonds is 15. The van der Waals surface area contributed by atoms with Gasteiger partial charge in [0.1, 0.15) is 12.6 Å². The fraction of sp³-hybridized carbons (Fsp3) is 0.692. The van der Waals surface area contributed by atoms with E-state index in [2.05, 4.69) is 41.4 Å². The monoisotopic (exact) mass is 539 g/mol. The van der Waals surface area contributed by atoms with Crippen LogP contribution in [0.5, 0.6) is 0 Å². The Balaban J connectivity index is 2.65. The van der Waals surface area contributed by atoms with Crippen molar-refractivity contribution in [3.8, 4) is 0 Å². The van der Waals surface area contributed by atoms with Gasteiger partial charge in [-0.1, -0.05) is 34.3 Å². The number of hydrogen-bond donors (Lipinski definition) is 4. The normalized spacial score (nSPS) is 14.3. The molecule has 1 unspecified atom stereocenters. The number of nitrogens with zero attached hydrogens (tertiary/aromatic N) is 2. The zero-order valence-electron chi connectivity index (χ0n) is 23.3. The summed E-state index contributed by atoms with van der Waals surface area (Å²) in [5.41, 5.74) is 1.53. The van der Waals surface area contributed by atoms with Crippen molar-refractivity contribution in [2.45, 2.75) is 104 Å². The molecule has 210 valence electrons. The van der Waals surface area contributed by atoms with E-state index in [0.717, 1.165) is 16.3 Å². The molecule has 1 aromatic heterocycles. The predicted octanol–water partition coefficient (Wildman–Crippen LogP) is 3.91. The van der Waals surface area contributed by atoms with Crippen LogP contribution in [0.15, 0.2) is 17.5 Å². The summed E-state index contributed by atoms with van der Waals surface area (Å²) in [5, 5.41) is 21.6. The maximum Gasteiger partial charge on any atom is 0.407 e. The molecule has 0 radical (unpaired) electrons. The Kier molecular flexibility index (Phi) is 14.2. The number of urea groups is 1. The lowest BCUT2D eigenvalue weighted by molar-refractivity contribution is -0.126. The van der Waals surface area contributed by atoms with Gasteiger partial charge in [-0.25, -0.2) is 14.6 Å². The lowest BCUT2D eigenvalue weighted by Gasteiger charge is -2.27. The molecule has 0 aliphatic heterocycles. The summed E-state index contributed by atoms with van der Waals surface area (Å²) in [6.07, 6.45) is 1.04. The molecule has 37 heavy (non-hydrogen) atoms. The molecule has 0 aliphatic rings. The van der Waals surface area contributed by atoms with Crippen molar-refractivity contribution in [3.63, 3.8) is 0 Å². The Hall–Kier alpha value is -2.66. The van der Waals surface area contributed by atoms with Gasteiger partial charge in [0.2, 0.25) is 5.91 Å². The van der Waals surface area contributed by atoms with Crippen LogP contribution in [0.3, 0.4) is 0 Å². The summed E-state index contributed by atoms with van der Waals surface area (Å²) in [4.78, 5) is 43.7. The number of carbonyl (C=O) groups is 3. The lowest BCUT2D eigenvalue weighted by Crippen LogP contribution is -2.56. The molecule has 4 N–H and O–H groups in total. The molecule has 0 aliphatic carbocycles. The summed E-state index contributed by atoms with van der Waals surface area (Å²) in [6, 6.07) is -1.87. The summed E-state index contributed by atoms with van der Waals surface area (Å²) >= 11 is 1.55. The Morgan fingerprint density at radius 2 is 1.70 bits per heavy atom. The number of hydrogen-bond acceptors (Lipinski definition) is 7. The molecule has 0 bridgehead atoms. The van der Waals surface area contributed by atoms with E-state index in [0.29, 0.717) is 38.1 Å². The molecular formula is C26H45N5O5S. The second-order valence-corrected chi connectivity index (χ2v) is 10.7. The Bertz CT molecular complexity index is 888. The van der Waals surface area contributed by atoms with E-state index < -0.39 is 30.2 Å². The van der Waals surface area contributed by atoms with Crippen LogP contribution in [-0.4, -0.2) is 70.9 Å². The molecule has 0 saturated carbocycles. The molecule has 0 fully saturated rings. The highest BCUT2D eigenvalue weighted by Crippen LogP contribution is 2.19. The maximum atomic E-state index is 13.0. The molecule has 0 saturated heterocycles. The number of aliphatic hydroxyl groups is 1. The number of amides is 4. The zero-order chi connectivity index (χ0) is 28.1. The van der Waals surface area contributed by atoms with Gasteiger partial charge in [-0.3, -0.25) is 4.79 Å². The molecule has 10 nitrogen and oxygen atoms in total. The number of carbonyl (C=O) groups excluding carboxylic acids is 3. The summed E-state index contributed by atoms with van der Waals surface area (Å²) in [6.45, 7) is 15.5. The van der Waals surface area contributed by atoms with Crippen LogP contribution in [0.4, 0.5) is 9.59 Å². The molecule has 0 spiro atoms. The topological polar surface area (TPSA) is 133 Å². The maximum absolute atomic E-state index is 13.0. The quantitative estimate of drug-likeness (QED) is 0.250. The van der Waals surface area contributed by atoms with Gasteiger partial charge < -0.3 is 30.7 Å². The second kappa shape index (κ2) is 16.2. The number of aromatic nitrogens is 1. The molecule has 4 amide bonds. The van der Waals surface area contributed by atoms with Crippen molar-refractivity contribution in [2.24, 2.45) is 0 Å². The number of nitrogens with one attached hydrogen (secondary N) is 3. The van der Waals surface area contributed by atoms with Crippen LogP contribution in [-0.2, 0) is 16.1 Å². The highest BCUT2D eigenvalue weighted by Gasteiger charge is 2.28. The van der Waals surface area contributed by atoms with Gasteiger partial charge >= 0.3 is 12.1 Å². The van der Waals surface area contributed by atoms with Crippen molar-refractivity contribution in [2.75, 3.05) is 13.7 Å². The van der Waals surface area contributed by atoms with Crippen molar-refractivity contribution >= 4 is 29.4 Å². The van der Waals surface area contributed by atoms with Gasteiger partial charge in [-0.2, -0.15) is 0 Å². The molecule has 1 heterocycles. The van der Waals surface area contributed by atoms with Crippen LogP contribution in [0.2, 0.25) is 0 Å². The van der Waals surface area contributed by atoms with Crippen LogP contribution in [0, 0.1) is 0 Å². The van der Waals surface area contributed by atoms with Gasteiger partial charge in [-0.15, -0.1) is 11.3 Å². The Morgan fingerprint density at radius 3 is 2.19 bits per heavy atom. The third kappa shape index (κ3) is 12.0. The molecule has 1 rings (SSSR count). The Morgan fingerprint density at radius 1 is 1.11 bits per heavy atom. The fourth-order valence-electron chi connectivity index (χ4n) is 3.47. The predicted molar refractivity (Wildman–Crippen MR) is 147 cm³/mol.